The van der Waals surface area contributed by atoms with Crippen LogP contribution < -0.4 is 10.2 Å². The Morgan fingerprint density at radius 2 is 2.04 bits per heavy atom. The van der Waals surface area contributed by atoms with E-state index in [-0.39, 0.29) is 11.9 Å². The van der Waals surface area contributed by atoms with Crippen molar-refractivity contribution < 1.29 is 9.32 Å². The second-order valence-corrected chi connectivity index (χ2v) is 6.67. The molecule has 1 aliphatic heterocycles. The predicted octanol–water partition coefficient (Wildman–Crippen LogP) is 1.66. The number of urea groups is 1. The molecule has 3 heterocycles. The minimum atomic E-state index is -0.00977. The van der Waals surface area contributed by atoms with Gasteiger partial charge in [-0.3, -0.25) is 4.68 Å². The predicted molar refractivity (Wildman–Crippen MR) is 94.8 cm³/mol. The summed E-state index contributed by atoms with van der Waals surface area (Å²) in [5.74, 6) is 0.996. The molecule has 136 valence electrons. The summed E-state index contributed by atoms with van der Waals surface area (Å²) in [4.78, 5) is 16.6. The summed E-state index contributed by atoms with van der Waals surface area (Å²) in [5, 5.41) is 11.2. The molecule has 0 saturated carbocycles. The van der Waals surface area contributed by atoms with Gasteiger partial charge in [0.05, 0.1) is 17.6 Å². The van der Waals surface area contributed by atoms with Crippen LogP contribution in [0.15, 0.2) is 16.9 Å². The van der Waals surface area contributed by atoms with E-state index in [0.29, 0.717) is 19.6 Å². The van der Waals surface area contributed by atoms with E-state index in [2.05, 4.69) is 27.4 Å². The molecule has 3 rings (SSSR count). The lowest BCUT2D eigenvalue weighted by Gasteiger charge is -2.35. The van der Waals surface area contributed by atoms with Crippen LogP contribution in [-0.4, -0.2) is 58.6 Å². The molecule has 0 unspecified atom stereocenters. The molecular formula is C17H26N6O2. The Kier molecular flexibility index (Phi) is 4.96. The zero-order chi connectivity index (χ0) is 18.0. The maximum absolute atomic E-state index is 12.4. The van der Waals surface area contributed by atoms with Gasteiger partial charge >= 0.3 is 6.03 Å². The number of hydrogen-bond acceptors (Lipinski definition) is 5. The molecule has 25 heavy (non-hydrogen) atoms. The van der Waals surface area contributed by atoms with E-state index in [1.807, 2.05) is 38.2 Å². The van der Waals surface area contributed by atoms with Gasteiger partial charge in [-0.15, -0.1) is 0 Å². The smallest absolute Gasteiger partial charge is 0.317 e. The van der Waals surface area contributed by atoms with Crippen LogP contribution in [0.25, 0.3) is 0 Å². The molecule has 2 amide bonds. The third-order valence-corrected chi connectivity index (χ3v) is 4.76. The number of piperazine rings is 1. The summed E-state index contributed by atoms with van der Waals surface area (Å²) in [6, 6.07) is -0.00977. The molecule has 1 fully saturated rings. The van der Waals surface area contributed by atoms with Gasteiger partial charge in [-0.05, 0) is 13.8 Å². The summed E-state index contributed by atoms with van der Waals surface area (Å²) < 4.78 is 7.01. The zero-order valence-electron chi connectivity index (χ0n) is 15.3. The van der Waals surface area contributed by atoms with Gasteiger partial charge in [0, 0.05) is 57.4 Å². The molecule has 0 bridgehead atoms. The first kappa shape index (κ1) is 17.3. The van der Waals surface area contributed by atoms with Crippen molar-refractivity contribution in [1.29, 1.82) is 0 Å². The molecule has 0 aliphatic carbocycles. The average Bonchev–Trinajstić information content (AvgIpc) is 3.18. The Balaban J connectivity index is 1.48. The monoisotopic (exact) mass is 346 g/mol. The van der Waals surface area contributed by atoms with Crippen LogP contribution in [-0.2, 0) is 7.05 Å². The topological polar surface area (TPSA) is 79.4 Å². The summed E-state index contributed by atoms with van der Waals surface area (Å²) in [5.41, 5.74) is 3.08. The van der Waals surface area contributed by atoms with Gasteiger partial charge in [-0.25, -0.2) is 4.79 Å². The number of anilines is 1. The summed E-state index contributed by atoms with van der Waals surface area (Å²) in [6.45, 7) is 9.54. The van der Waals surface area contributed by atoms with E-state index >= 15 is 0 Å². The summed E-state index contributed by atoms with van der Waals surface area (Å²) in [6.07, 6.45) is 3.86. The average molecular weight is 346 g/mol. The number of amides is 2. The highest BCUT2D eigenvalue weighted by Gasteiger charge is 2.23. The Morgan fingerprint density at radius 3 is 2.60 bits per heavy atom. The van der Waals surface area contributed by atoms with Crippen molar-refractivity contribution in [2.75, 3.05) is 37.6 Å². The number of nitrogens with one attached hydrogen (secondary N) is 1. The normalized spacial score (nSPS) is 16.2. The molecule has 0 radical (unpaired) electrons. The van der Waals surface area contributed by atoms with E-state index in [0.717, 1.165) is 35.8 Å². The van der Waals surface area contributed by atoms with Crippen molar-refractivity contribution in [1.82, 2.24) is 25.2 Å². The molecule has 0 aromatic carbocycles. The highest BCUT2D eigenvalue weighted by Crippen LogP contribution is 2.22. The molecule has 8 heteroatoms. The molecule has 0 spiro atoms. The Labute approximate surface area is 147 Å². The third kappa shape index (κ3) is 3.78. The van der Waals surface area contributed by atoms with Gasteiger partial charge in [0.25, 0.3) is 0 Å². The number of rotatable bonds is 4. The lowest BCUT2D eigenvalue weighted by Crippen LogP contribution is -2.52. The van der Waals surface area contributed by atoms with Gasteiger partial charge in [0.2, 0.25) is 0 Å². The van der Waals surface area contributed by atoms with E-state index in [9.17, 15) is 4.79 Å². The maximum Gasteiger partial charge on any atom is 0.317 e. The third-order valence-electron chi connectivity index (χ3n) is 4.76. The van der Waals surface area contributed by atoms with Crippen LogP contribution in [0.1, 0.15) is 29.9 Å². The highest BCUT2D eigenvalue weighted by atomic mass is 16.5. The highest BCUT2D eigenvalue weighted by molar-refractivity contribution is 5.74. The van der Waals surface area contributed by atoms with E-state index < -0.39 is 0 Å². The van der Waals surface area contributed by atoms with Gasteiger partial charge < -0.3 is 19.6 Å². The maximum atomic E-state index is 12.4. The SMILES string of the molecule is Cc1noc(C)c1[C@H](C)CNC(=O)N1CCN(c2cnn(C)c2)CC1. The van der Waals surface area contributed by atoms with Gasteiger partial charge in [-0.1, -0.05) is 12.1 Å². The fraction of sp³-hybridized carbons (Fsp3) is 0.588. The van der Waals surface area contributed by atoms with Crippen molar-refractivity contribution in [3.05, 3.63) is 29.4 Å². The minimum Gasteiger partial charge on any atom is -0.365 e. The lowest BCUT2D eigenvalue weighted by molar-refractivity contribution is 0.194. The number of carbonyl (C=O) groups is 1. The molecular weight excluding hydrogens is 320 g/mol. The van der Waals surface area contributed by atoms with Crippen LogP contribution >= 0.6 is 0 Å². The van der Waals surface area contributed by atoms with Crippen molar-refractivity contribution in [3.63, 3.8) is 0 Å². The zero-order valence-corrected chi connectivity index (χ0v) is 15.3. The molecule has 8 nitrogen and oxygen atoms in total. The van der Waals surface area contributed by atoms with Crippen LogP contribution in [0, 0.1) is 13.8 Å². The first-order valence-corrected chi connectivity index (χ1v) is 8.65. The quantitative estimate of drug-likeness (QED) is 0.911. The minimum absolute atomic E-state index is 0.00977. The van der Waals surface area contributed by atoms with Crippen LogP contribution in [0.3, 0.4) is 0 Å². The Bertz CT molecular complexity index is 710. The van der Waals surface area contributed by atoms with Crippen molar-refractivity contribution in [3.8, 4) is 0 Å². The van der Waals surface area contributed by atoms with Gasteiger partial charge in [0.15, 0.2) is 0 Å². The molecule has 1 N–H and O–H groups in total. The molecule has 1 saturated heterocycles. The van der Waals surface area contributed by atoms with E-state index in [4.69, 9.17) is 4.52 Å². The van der Waals surface area contributed by atoms with E-state index in [1.165, 1.54) is 0 Å². The van der Waals surface area contributed by atoms with E-state index in [1.54, 1.807) is 4.68 Å². The molecule has 1 atom stereocenters. The molecule has 2 aromatic heterocycles. The van der Waals surface area contributed by atoms with Gasteiger partial charge in [-0.2, -0.15) is 5.10 Å². The first-order valence-electron chi connectivity index (χ1n) is 8.65. The number of aryl methyl sites for hydroxylation is 3. The van der Waals surface area contributed by atoms with Crippen molar-refractivity contribution in [2.45, 2.75) is 26.7 Å². The summed E-state index contributed by atoms with van der Waals surface area (Å²) >= 11 is 0. The molecule has 1 aliphatic rings. The summed E-state index contributed by atoms with van der Waals surface area (Å²) in [7, 11) is 1.91. The van der Waals surface area contributed by atoms with Gasteiger partial charge in [0.1, 0.15) is 5.76 Å². The standard InChI is InChI=1S/C17H26N6O2/c1-12(16-13(2)20-25-14(16)3)9-18-17(24)23-7-5-22(6-8-23)15-10-19-21(4)11-15/h10-12H,5-9H2,1-4H3,(H,18,24)/t12-/m1/s1. The number of carbonyl (C=O) groups excluding carboxylic acids is 1. The number of nitrogens with zero attached hydrogens (tertiary/aromatic N) is 5. The lowest BCUT2D eigenvalue weighted by atomic mass is 10.00. The number of aromatic nitrogens is 3. The second kappa shape index (κ2) is 7.16. The fourth-order valence-corrected chi connectivity index (χ4v) is 3.39. The Morgan fingerprint density at radius 1 is 1.32 bits per heavy atom. The number of hydrogen-bond donors (Lipinski definition) is 1. The van der Waals surface area contributed by atoms with Crippen molar-refractivity contribution in [2.24, 2.45) is 7.05 Å². The first-order chi connectivity index (χ1) is 12.0. The van der Waals surface area contributed by atoms with Crippen LogP contribution in [0.4, 0.5) is 10.5 Å². The molecule has 2 aromatic rings. The van der Waals surface area contributed by atoms with Crippen molar-refractivity contribution >= 4 is 11.7 Å². The second-order valence-electron chi connectivity index (χ2n) is 6.67. The van der Waals surface area contributed by atoms with Crippen LogP contribution in [0.5, 0.6) is 0 Å². The largest absolute Gasteiger partial charge is 0.365 e. The Hall–Kier alpha value is -2.51. The van der Waals surface area contributed by atoms with Crippen LogP contribution in [0.2, 0.25) is 0 Å². The fourth-order valence-electron chi connectivity index (χ4n) is 3.39.